The lowest BCUT2D eigenvalue weighted by atomic mass is 10.0. The van der Waals surface area contributed by atoms with E-state index in [1.807, 2.05) is 0 Å². The van der Waals surface area contributed by atoms with Gasteiger partial charge in [0.05, 0.1) is 0 Å². The van der Waals surface area contributed by atoms with Crippen molar-refractivity contribution in [1.29, 1.82) is 0 Å². The average Bonchev–Trinajstić information content (AvgIpc) is 3.23. The van der Waals surface area contributed by atoms with Gasteiger partial charge >= 0.3 is 17.9 Å². The van der Waals surface area contributed by atoms with Crippen LogP contribution in [0.1, 0.15) is 304 Å². The molecular weight excluding hydrogens is 745 g/mol. The van der Waals surface area contributed by atoms with Crippen molar-refractivity contribution in [3.8, 4) is 0 Å². The van der Waals surface area contributed by atoms with Gasteiger partial charge in [-0.05, 0) is 25.2 Å². The number of hydrogen-bond donors (Lipinski definition) is 0. The van der Waals surface area contributed by atoms with Crippen LogP contribution in [0.15, 0.2) is 0 Å². The molecule has 0 aliphatic rings. The van der Waals surface area contributed by atoms with Gasteiger partial charge < -0.3 is 14.2 Å². The Morgan fingerprint density at radius 1 is 0.317 bits per heavy atom. The third-order valence-corrected chi connectivity index (χ3v) is 12.3. The first kappa shape index (κ1) is 58.4. The Labute approximate surface area is 374 Å². The number of rotatable bonds is 49. The fourth-order valence-electron chi connectivity index (χ4n) is 8.22. The maximum Gasteiger partial charge on any atom is 0.306 e. The third kappa shape index (κ3) is 47.5. The number of carbonyl (C=O) groups is 3. The summed E-state index contributed by atoms with van der Waals surface area (Å²) >= 11 is 0. The zero-order valence-electron chi connectivity index (χ0n) is 40.9. The summed E-state index contributed by atoms with van der Waals surface area (Å²) < 4.78 is 16.8. The van der Waals surface area contributed by atoms with Crippen LogP contribution in [0.25, 0.3) is 0 Å². The van der Waals surface area contributed by atoms with E-state index in [0.717, 1.165) is 63.7 Å². The highest BCUT2D eigenvalue weighted by Crippen LogP contribution is 2.17. The summed E-state index contributed by atoms with van der Waals surface area (Å²) in [6.45, 7) is 9.04. The van der Waals surface area contributed by atoms with E-state index < -0.39 is 6.10 Å². The molecule has 0 saturated carbocycles. The lowest BCUT2D eigenvalue weighted by Gasteiger charge is -2.18. The predicted molar refractivity (Wildman–Crippen MR) is 257 cm³/mol. The van der Waals surface area contributed by atoms with Gasteiger partial charge in [-0.3, -0.25) is 14.4 Å². The lowest BCUT2D eigenvalue weighted by molar-refractivity contribution is -0.167. The molecule has 356 valence electrons. The van der Waals surface area contributed by atoms with E-state index in [-0.39, 0.29) is 31.1 Å². The van der Waals surface area contributed by atoms with Gasteiger partial charge in [-0.25, -0.2) is 0 Å². The first-order valence-corrected chi connectivity index (χ1v) is 26.9. The molecule has 0 unspecified atom stereocenters. The second-order valence-corrected chi connectivity index (χ2v) is 19.0. The molecule has 0 rings (SSSR count). The van der Waals surface area contributed by atoms with E-state index in [4.69, 9.17) is 14.2 Å². The molecule has 0 aromatic rings. The van der Waals surface area contributed by atoms with Gasteiger partial charge in [0.1, 0.15) is 13.2 Å². The highest BCUT2D eigenvalue weighted by Gasteiger charge is 2.19. The maximum absolute atomic E-state index is 12.8. The molecule has 0 spiro atoms. The summed E-state index contributed by atoms with van der Waals surface area (Å²) in [5.41, 5.74) is 0. The Kier molecular flexibility index (Phi) is 47.2. The number of hydrogen-bond acceptors (Lipinski definition) is 6. The third-order valence-electron chi connectivity index (χ3n) is 12.3. The number of esters is 3. The summed E-state index contributed by atoms with van der Waals surface area (Å²) in [5, 5.41) is 0. The Hall–Kier alpha value is -1.59. The van der Waals surface area contributed by atoms with Crippen molar-refractivity contribution in [2.45, 2.75) is 310 Å². The number of carbonyl (C=O) groups excluding carboxylic acids is 3. The lowest BCUT2D eigenvalue weighted by Crippen LogP contribution is -2.30. The molecule has 0 amide bonds. The molecule has 0 aromatic carbocycles. The van der Waals surface area contributed by atoms with Gasteiger partial charge in [0.2, 0.25) is 0 Å². The highest BCUT2D eigenvalue weighted by molar-refractivity contribution is 5.71. The number of ether oxygens (including phenoxy) is 3. The SMILES string of the molecule is CCCCCCCCCCCCCCCCCC(=O)OC[C@@H](COC(=O)CCCCCCCCCCCCCCCC(C)C)OC(=O)CCCCCCCCCCCCC. The normalized spacial score (nSPS) is 11.9. The molecule has 0 radical (unpaired) electrons. The van der Waals surface area contributed by atoms with E-state index in [1.165, 1.54) is 199 Å². The van der Waals surface area contributed by atoms with Gasteiger partial charge in [-0.15, -0.1) is 0 Å². The van der Waals surface area contributed by atoms with Crippen LogP contribution in [0.2, 0.25) is 0 Å². The Morgan fingerprint density at radius 2 is 0.550 bits per heavy atom. The fourth-order valence-corrected chi connectivity index (χ4v) is 8.22. The minimum Gasteiger partial charge on any atom is -0.462 e. The molecule has 0 heterocycles. The minimum atomic E-state index is -0.760. The second kappa shape index (κ2) is 48.4. The Balaban J connectivity index is 4.27. The molecule has 6 heteroatoms. The van der Waals surface area contributed by atoms with Crippen LogP contribution in [0.5, 0.6) is 0 Å². The first-order valence-electron chi connectivity index (χ1n) is 26.9. The highest BCUT2D eigenvalue weighted by atomic mass is 16.6. The van der Waals surface area contributed by atoms with Crippen LogP contribution in [0.4, 0.5) is 0 Å². The molecule has 60 heavy (non-hydrogen) atoms. The molecule has 0 aliphatic carbocycles. The van der Waals surface area contributed by atoms with Crippen molar-refractivity contribution >= 4 is 17.9 Å². The number of unbranched alkanes of at least 4 members (excludes halogenated alkanes) is 36. The molecule has 0 fully saturated rings. The van der Waals surface area contributed by atoms with Gasteiger partial charge in [0, 0.05) is 19.3 Å². The van der Waals surface area contributed by atoms with Gasteiger partial charge in [0.25, 0.3) is 0 Å². The van der Waals surface area contributed by atoms with Crippen LogP contribution in [0, 0.1) is 5.92 Å². The zero-order chi connectivity index (χ0) is 43.8. The van der Waals surface area contributed by atoms with Crippen LogP contribution in [-0.2, 0) is 28.6 Å². The minimum absolute atomic E-state index is 0.0624. The second-order valence-electron chi connectivity index (χ2n) is 19.0. The van der Waals surface area contributed by atoms with Crippen LogP contribution < -0.4 is 0 Å². The Morgan fingerprint density at radius 3 is 0.817 bits per heavy atom. The molecule has 0 bridgehead atoms. The fraction of sp³-hybridized carbons (Fsp3) is 0.944. The summed E-state index contributed by atoms with van der Waals surface area (Å²) in [6, 6.07) is 0. The maximum atomic E-state index is 12.8. The summed E-state index contributed by atoms with van der Waals surface area (Å²) in [7, 11) is 0. The summed E-state index contributed by atoms with van der Waals surface area (Å²) in [6.07, 6.45) is 50.8. The van der Waals surface area contributed by atoms with Crippen LogP contribution in [0.3, 0.4) is 0 Å². The molecular formula is C54H104O6. The molecule has 0 N–H and O–H groups in total. The smallest absolute Gasteiger partial charge is 0.306 e. The van der Waals surface area contributed by atoms with Gasteiger partial charge in [-0.1, -0.05) is 265 Å². The molecule has 1 atom stereocenters. The first-order chi connectivity index (χ1) is 29.4. The average molecular weight is 849 g/mol. The van der Waals surface area contributed by atoms with E-state index in [2.05, 4.69) is 27.7 Å². The van der Waals surface area contributed by atoms with Crippen molar-refractivity contribution < 1.29 is 28.6 Å². The predicted octanol–water partition coefficient (Wildman–Crippen LogP) is 17.5. The summed E-state index contributed by atoms with van der Waals surface area (Å²) in [4.78, 5) is 38.0. The Bertz CT molecular complexity index is 903. The standard InChI is InChI=1S/C54H104O6/c1-5-7-9-11-13-15-17-18-19-22-26-29-33-37-41-45-52(55)58-48-51(60-54(57)47-43-39-35-31-24-16-14-12-10-8-6-2)49-59-53(56)46-42-38-34-30-27-23-20-21-25-28-32-36-40-44-50(3)4/h50-51H,5-49H2,1-4H3/t51-/m0/s1. The van der Waals surface area contributed by atoms with Crippen molar-refractivity contribution in [1.82, 2.24) is 0 Å². The molecule has 6 nitrogen and oxygen atoms in total. The van der Waals surface area contributed by atoms with E-state index in [1.54, 1.807) is 0 Å². The molecule has 0 aromatic heterocycles. The van der Waals surface area contributed by atoms with E-state index in [0.29, 0.717) is 19.3 Å². The molecule has 0 aliphatic heterocycles. The quantitative estimate of drug-likeness (QED) is 0.0345. The molecule has 0 saturated heterocycles. The van der Waals surface area contributed by atoms with Crippen molar-refractivity contribution in [3.05, 3.63) is 0 Å². The van der Waals surface area contributed by atoms with Crippen molar-refractivity contribution in [3.63, 3.8) is 0 Å². The zero-order valence-corrected chi connectivity index (χ0v) is 40.9. The van der Waals surface area contributed by atoms with Gasteiger partial charge in [-0.2, -0.15) is 0 Å². The monoisotopic (exact) mass is 849 g/mol. The van der Waals surface area contributed by atoms with Crippen molar-refractivity contribution in [2.75, 3.05) is 13.2 Å². The summed E-state index contributed by atoms with van der Waals surface area (Å²) in [5.74, 6) is -0.00175. The van der Waals surface area contributed by atoms with E-state index in [9.17, 15) is 14.4 Å². The van der Waals surface area contributed by atoms with Gasteiger partial charge in [0.15, 0.2) is 6.10 Å². The largest absolute Gasteiger partial charge is 0.462 e. The van der Waals surface area contributed by atoms with E-state index >= 15 is 0 Å². The van der Waals surface area contributed by atoms with Crippen molar-refractivity contribution in [2.24, 2.45) is 5.92 Å². The van der Waals surface area contributed by atoms with Crippen LogP contribution >= 0.6 is 0 Å². The van der Waals surface area contributed by atoms with Crippen LogP contribution in [-0.4, -0.2) is 37.2 Å². The topological polar surface area (TPSA) is 78.9 Å².